The van der Waals surface area contributed by atoms with E-state index in [-0.39, 0.29) is 28.9 Å². The normalized spacial score (nSPS) is 13.5. The number of anilines is 1. The van der Waals surface area contributed by atoms with Crippen LogP contribution in [0.5, 0.6) is 17.4 Å². The quantitative estimate of drug-likeness (QED) is 0.366. The fourth-order valence-electron chi connectivity index (χ4n) is 2.95. The number of aromatic nitrogens is 3. The van der Waals surface area contributed by atoms with Gasteiger partial charge in [-0.1, -0.05) is 23.7 Å². The Kier molecular flexibility index (Phi) is 7.51. The van der Waals surface area contributed by atoms with E-state index in [9.17, 15) is 28.2 Å². The summed E-state index contributed by atoms with van der Waals surface area (Å²) in [4.78, 5) is 12.7. The monoisotopic (exact) mass is 488 g/mol. The third-order valence-electron chi connectivity index (χ3n) is 4.43. The zero-order valence-electron chi connectivity index (χ0n) is 16.9. The van der Waals surface area contributed by atoms with Gasteiger partial charge in [0.05, 0.1) is 36.9 Å². The van der Waals surface area contributed by atoms with E-state index in [2.05, 4.69) is 10.4 Å². The molecular weight excluding hydrogens is 469 g/mol. The number of rotatable bonds is 9. The van der Waals surface area contributed by atoms with Gasteiger partial charge in [-0.15, -0.1) is 0 Å². The SMILES string of the molecule is O=C(Nc1ccn(C[C@@H](O)CO)n1)C(CC(F)(F)F)n1cc(Oc2ccccc2Cl)cc1O. The number of benzene rings is 1. The number of aliphatic hydroxyl groups excluding tert-OH is 2. The van der Waals surface area contributed by atoms with E-state index in [0.29, 0.717) is 0 Å². The molecule has 2 atom stereocenters. The number of hydrogen-bond donors (Lipinski definition) is 4. The Morgan fingerprint density at radius 3 is 2.67 bits per heavy atom. The lowest BCUT2D eigenvalue weighted by Crippen LogP contribution is -2.30. The molecule has 1 aromatic carbocycles. The molecule has 0 saturated heterocycles. The number of nitrogens with zero attached hydrogens (tertiary/aromatic N) is 3. The molecule has 0 aliphatic rings. The summed E-state index contributed by atoms with van der Waals surface area (Å²) in [5.74, 6) is -1.60. The van der Waals surface area contributed by atoms with Gasteiger partial charge in [-0.25, -0.2) is 0 Å². The van der Waals surface area contributed by atoms with Crippen LogP contribution in [0, 0.1) is 0 Å². The second kappa shape index (κ2) is 10.1. The van der Waals surface area contributed by atoms with E-state index in [4.69, 9.17) is 21.4 Å². The molecule has 13 heteroatoms. The summed E-state index contributed by atoms with van der Waals surface area (Å²) in [5, 5.41) is 35.0. The van der Waals surface area contributed by atoms with Crippen molar-refractivity contribution in [3.05, 3.63) is 53.8 Å². The minimum absolute atomic E-state index is 0.0251. The van der Waals surface area contributed by atoms with Crippen molar-refractivity contribution in [3.63, 3.8) is 0 Å². The highest BCUT2D eigenvalue weighted by atomic mass is 35.5. The number of nitrogens with one attached hydrogen (secondary N) is 1. The molecule has 0 spiro atoms. The Labute approximate surface area is 190 Å². The maximum absolute atomic E-state index is 13.2. The predicted octanol–water partition coefficient (Wildman–Crippen LogP) is 3.32. The third-order valence-corrected chi connectivity index (χ3v) is 4.74. The first-order valence-corrected chi connectivity index (χ1v) is 9.96. The standard InChI is InChI=1S/C20H20ClF3N4O5/c21-14-3-1-2-4-16(14)33-13-7-18(31)28(10-13)15(8-20(22,23)24)19(32)25-17-5-6-27(26-17)9-12(30)11-29/h1-7,10,12,15,29-31H,8-9,11H2,(H,25,26,32)/t12-,15?/m1/s1. The summed E-state index contributed by atoms with van der Waals surface area (Å²) < 4.78 is 47.1. The number of hydrogen-bond acceptors (Lipinski definition) is 6. The van der Waals surface area contributed by atoms with Crippen LogP contribution in [0.2, 0.25) is 5.02 Å². The van der Waals surface area contributed by atoms with Crippen LogP contribution in [-0.2, 0) is 11.3 Å². The Morgan fingerprint density at radius 1 is 1.27 bits per heavy atom. The molecule has 0 aliphatic carbocycles. The van der Waals surface area contributed by atoms with Crippen LogP contribution in [0.15, 0.2) is 48.8 Å². The first-order chi connectivity index (χ1) is 15.6. The molecule has 2 aromatic heterocycles. The van der Waals surface area contributed by atoms with Crippen LogP contribution in [0.4, 0.5) is 19.0 Å². The number of halogens is 4. The molecule has 4 N–H and O–H groups in total. The summed E-state index contributed by atoms with van der Waals surface area (Å²) in [5.41, 5.74) is 0. The molecule has 2 heterocycles. The van der Waals surface area contributed by atoms with E-state index in [1.165, 1.54) is 23.0 Å². The highest BCUT2D eigenvalue weighted by Crippen LogP contribution is 2.36. The number of ether oxygens (including phenoxy) is 1. The van der Waals surface area contributed by atoms with Gasteiger partial charge in [0.15, 0.2) is 11.7 Å². The van der Waals surface area contributed by atoms with Crippen molar-refractivity contribution in [1.82, 2.24) is 14.3 Å². The molecule has 0 radical (unpaired) electrons. The molecule has 1 amide bonds. The summed E-state index contributed by atoms with van der Waals surface area (Å²) in [6.45, 7) is -0.597. The van der Waals surface area contributed by atoms with Gasteiger partial charge in [0, 0.05) is 18.3 Å². The maximum Gasteiger partial charge on any atom is 0.391 e. The van der Waals surface area contributed by atoms with Gasteiger partial charge in [-0.05, 0) is 12.1 Å². The molecule has 0 bridgehead atoms. The summed E-state index contributed by atoms with van der Waals surface area (Å²) >= 11 is 6.01. The largest absolute Gasteiger partial charge is 0.494 e. The summed E-state index contributed by atoms with van der Waals surface area (Å²) in [7, 11) is 0. The van der Waals surface area contributed by atoms with Crippen LogP contribution in [-0.4, -0.2) is 54.5 Å². The number of para-hydroxylation sites is 1. The van der Waals surface area contributed by atoms with Crippen molar-refractivity contribution >= 4 is 23.3 Å². The van der Waals surface area contributed by atoms with Crippen LogP contribution < -0.4 is 10.1 Å². The molecule has 178 valence electrons. The lowest BCUT2D eigenvalue weighted by Gasteiger charge is -2.20. The smallest absolute Gasteiger partial charge is 0.391 e. The first-order valence-electron chi connectivity index (χ1n) is 9.59. The van der Waals surface area contributed by atoms with Crippen LogP contribution in [0.25, 0.3) is 0 Å². The Bertz CT molecular complexity index is 1100. The van der Waals surface area contributed by atoms with Crippen molar-refractivity contribution in [2.75, 3.05) is 11.9 Å². The predicted molar refractivity (Wildman–Crippen MR) is 111 cm³/mol. The fraction of sp³-hybridized carbons (Fsp3) is 0.300. The lowest BCUT2D eigenvalue weighted by atomic mass is 10.2. The number of carbonyl (C=O) groups is 1. The van der Waals surface area contributed by atoms with E-state index in [1.54, 1.807) is 18.2 Å². The Balaban J connectivity index is 1.82. The van der Waals surface area contributed by atoms with Gasteiger partial charge >= 0.3 is 6.18 Å². The van der Waals surface area contributed by atoms with Crippen molar-refractivity contribution < 1.29 is 38.0 Å². The number of amides is 1. The van der Waals surface area contributed by atoms with Crippen LogP contribution in [0.3, 0.4) is 0 Å². The first kappa shape index (κ1) is 24.4. The van der Waals surface area contributed by atoms with Gasteiger partial charge in [0.25, 0.3) is 0 Å². The van der Waals surface area contributed by atoms with E-state index >= 15 is 0 Å². The minimum Gasteiger partial charge on any atom is -0.494 e. The minimum atomic E-state index is -4.73. The number of carbonyl (C=O) groups excluding carboxylic acids is 1. The lowest BCUT2D eigenvalue weighted by molar-refractivity contribution is -0.150. The van der Waals surface area contributed by atoms with Crippen molar-refractivity contribution in [3.8, 4) is 17.4 Å². The molecule has 33 heavy (non-hydrogen) atoms. The number of alkyl halides is 3. The molecule has 9 nitrogen and oxygen atoms in total. The van der Waals surface area contributed by atoms with Crippen molar-refractivity contribution in [2.45, 2.75) is 31.3 Å². The van der Waals surface area contributed by atoms with E-state index in [1.807, 2.05) is 0 Å². The molecule has 3 aromatic rings. The zero-order chi connectivity index (χ0) is 24.2. The summed E-state index contributed by atoms with van der Waals surface area (Å²) in [6, 6.07) is 6.87. The zero-order valence-corrected chi connectivity index (χ0v) is 17.7. The maximum atomic E-state index is 13.2. The average molecular weight is 489 g/mol. The van der Waals surface area contributed by atoms with Crippen LogP contribution >= 0.6 is 11.6 Å². The molecule has 1 unspecified atom stereocenters. The van der Waals surface area contributed by atoms with Gasteiger partial charge in [0.2, 0.25) is 5.91 Å². The second-order valence-corrected chi connectivity index (χ2v) is 7.46. The number of aromatic hydroxyl groups is 1. The van der Waals surface area contributed by atoms with Gasteiger partial charge < -0.3 is 29.9 Å². The molecule has 0 aliphatic heterocycles. The number of aliphatic hydroxyl groups is 2. The Hall–Kier alpha value is -3.22. The van der Waals surface area contributed by atoms with Gasteiger partial charge in [0.1, 0.15) is 17.5 Å². The molecule has 0 saturated carbocycles. The van der Waals surface area contributed by atoms with Gasteiger partial charge in [-0.2, -0.15) is 18.3 Å². The third kappa shape index (κ3) is 6.63. The van der Waals surface area contributed by atoms with Crippen molar-refractivity contribution in [1.29, 1.82) is 0 Å². The van der Waals surface area contributed by atoms with Crippen molar-refractivity contribution in [2.24, 2.45) is 0 Å². The molecule has 0 fully saturated rings. The fourth-order valence-corrected chi connectivity index (χ4v) is 3.13. The van der Waals surface area contributed by atoms with Crippen LogP contribution in [0.1, 0.15) is 12.5 Å². The highest BCUT2D eigenvalue weighted by Gasteiger charge is 2.37. The van der Waals surface area contributed by atoms with Gasteiger partial charge in [-0.3, -0.25) is 9.48 Å². The molecular formula is C20H20ClF3N4O5. The Morgan fingerprint density at radius 2 is 2.00 bits per heavy atom. The highest BCUT2D eigenvalue weighted by molar-refractivity contribution is 6.32. The second-order valence-electron chi connectivity index (χ2n) is 7.06. The van der Waals surface area contributed by atoms with E-state index in [0.717, 1.165) is 16.8 Å². The topological polar surface area (TPSA) is 122 Å². The average Bonchev–Trinajstić information content (AvgIpc) is 3.32. The molecule has 3 rings (SSSR count). The summed E-state index contributed by atoms with van der Waals surface area (Å²) in [6.07, 6.45) is -4.97. The van der Waals surface area contributed by atoms with E-state index < -0.39 is 43.1 Å².